The van der Waals surface area contributed by atoms with E-state index < -0.39 is 0 Å². The average Bonchev–Trinajstić information content (AvgIpc) is 2.74. The van der Waals surface area contributed by atoms with Gasteiger partial charge in [-0.3, -0.25) is 4.39 Å². The molecule has 0 amide bonds. The summed E-state index contributed by atoms with van der Waals surface area (Å²) in [6.45, 7) is -0.223. The highest BCUT2D eigenvalue weighted by molar-refractivity contribution is 5.33. The van der Waals surface area contributed by atoms with Crippen molar-refractivity contribution in [3.63, 3.8) is 0 Å². The molecule has 27 heavy (non-hydrogen) atoms. The standard InChI is InChI=1S/C25H34FN/c26-18-2-1-3-20-4-6-21(7-5-20)8-9-22-10-14-24(15-11-22)25-16-12-23(19-27)13-17-25/h1,3,12-13,16-17,20-22,24H,2,4-11,14-15,18H2/b3-1+/t20-,21-,22?,24?. The summed E-state index contributed by atoms with van der Waals surface area (Å²) < 4.78 is 12.2. The molecule has 0 atom stereocenters. The molecule has 2 aliphatic rings. The first kappa shape index (κ1) is 20.1. The molecule has 0 heterocycles. The summed E-state index contributed by atoms with van der Waals surface area (Å²) in [7, 11) is 0. The number of nitrogens with zero attached hydrogens (tertiary/aromatic N) is 1. The second-order valence-corrected chi connectivity index (χ2v) is 8.72. The summed E-state index contributed by atoms with van der Waals surface area (Å²) in [5, 5.41) is 8.94. The SMILES string of the molecule is N#Cc1ccc(C2CCC(CC[C@H]3CC[C@H](/C=C/CCF)CC3)CC2)cc1. The monoisotopic (exact) mass is 367 g/mol. The van der Waals surface area contributed by atoms with Crippen LogP contribution in [0.25, 0.3) is 0 Å². The first-order valence-corrected chi connectivity index (χ1v) is 11.0. The maximum absolute atomic E-state index is 12.2. The zero-order valence-electron chi connectivity index (χ0n) is 16.6. The fraction of sp³-hybridized carbons (Fsp3) is 0.640. The Hall–Kier alpha value is -1.62. The molecule has 146 valence electrons. The Morgan fingerprint density at radius 2 is 1.48 bits per heavy atom. The van der Waals surface area contributed by atoms with Crippen molar-refractivity contribution in [3.8, 4) is 6.07 Å². The van der Waals surface area contributed by atoms with Crippen LogP contribution in [0, 0.1) is 29.1 Å². The van der Waals surface area contributed by atoms with Crippen LogP contribution in [0.4, 0.5) is 4.39 Å². The molecule has 0 spiro atoms. The van der Waals surface area contributed by atoms with Crippen molar-refractivity contribution < 1.29 is 4.39 Å². The molecule has 1 aromatic carbocycles. The smallest absolute Gasteiger partial charge is 0.0991 e. The average molecular weight is 368 g/mol. The molecule has 2 aliphatic carbocycles. The van der Waals surface area contributed by atoms with Gasteiger partial charge in [0.1, 0.15) is 0 Å². The number of alkyl halides is 1. The second-order valence-electron chi connectivity index (χ2n) is 8.72. The fourth-order valence-corrected chi connectivity index (χ4v) is 5.11. The van der Waals surface area contributed by atoms with E-state index in [9.17, 15) is 4.39 Å². The van der Waals surface area contributed by atoms with Crippen LogP contribution in [-0.4, -0.2) is 6.67 Å². The fourth-order valence-electron chi connectivity index (χ4n) is 5.11. The van der Waals surface area contributed by atoms with Crippen LogP contribution in [0.15, 0.2) is 36.4 Å². The van der Waals surface area contributed by atoms with Crippen molar-refractivity contribution in [2.24, 2.45) is 17.8 Å². The van der Waals surface area contributed by atoms with Crippen LogP contribution in [0.1, 0.15) is 87.7 Å². The van der Waals surface area contributed by atoms with Gasteiger partial charge in [-0.25, -0.2) is 0 Å². The van der Waals surface area contributed by atoms with E-state index in [2.05, 4.69) is 24.3 Å². The maximum Gasteiger partial charge on any atom is 0.0991 e. The Labute approximate surface area is 164 Å². The van der Waals surface area contributed by atoms with Gasteiger partial charge >= 0.3 is 0 Å². The van der Waals surface area contributed by atoms with E-state index in [0.717, 1.165) is 17.4 Å². The van der Waals surface area contributed by atoms with Gasteiger partial charge in [0, 0.05) is 0 Å². The molecule has 0 saturated heterocycles. The van der Waals surface area contributed by atoms with Gasteiger partial charge in [0.05, 0.1) is 18.3 Å². The molecule has 2 heteroatoms. The molecule has 1 aromatic rings. The summed E-state index contributed by atoms with van der Waals surface area (Å²) in [5.41, 5.74) is 2.19. The number of allylic oxidation sites excluding steroid dienone is 2. The van der Waals surface area contributed by atoms with Gasteiger partial charge in [-0.05, 0) is 99.2 Å². The number of hydrogen-bond donors (Lipinski definition) is 0. The van der Waals surface area contributed by atoms with Crippen molar-refractivity contribution >= 4 is 0 Å². The summed E-state index contributed by atoms with van der Waals surface area (Å²) in [4.78, 5) is 0. The third-order valence-corrected chi connectivity index (χ3v) is 6.92. The van der Waals surface area contributed by atoms with E-state index in [1.54, 1.807) is 0 Å². The van der Waals surface area contributed by atoms with E-state index >= 15 is 0 Å². The predicted octanol–water partition coefficient (Wildman–Crippen LogP) is 7.33. The van der Waals surface area contributed by atoms with Gasteiger partial charge in [-0.2, -0.15) is 5.26 Å². The topological polar surface area (TPSA) is 23.8 Å². The van der Waals surface area contributed by atoms with Crippen molar-refractivity contribution in [2.45, 2.75) is 76.5 Å². The number of benzene rings is 1. The highest BCUT2D eigenvalue weighted by atomic mass is 19.1. The molecular formula is C25H34FN. The molecule has 1 nitrogen and oxygen atoms in total. The summed E-state index contributed by atoms with van der Waals surface area (Å²) in [5.74, 6) is 3.24. The van der Waals surface area contributed by atoms with Gasteiger partial charge in [-0.1, -0.05) is 37.1 Å². The lowest BCUT2D eigenvalue weighted by Crippen LogP contribution is -2.17. The summed E-state index contributed by atoms with van der Waals surface area (Å²) >= 11 is 0. The van der Waals surface area contributed by atoms with Crippen LogP contribution >= 0.6 is 0 Å². The lowest BCUT2D eigenvalue weighted by molar-refractivity contribution is 0.246. The number of nitriles is 1. The van der Waals surface area contributed by atoms with Crippen LogP contribution in [-0.2, 0) is 0 Å². The summed E-state index contributed by atoms with van der Waals surface area (Å²) in [6, 6.07) is 10.4. The minimum absolute atomic E-state index is 0.223. The van der Waals surface area contributed by atoms with Crippen molar-refractivity contribution in [1.82, 2.24) is 0 Å². The van der Waals surface area contributed by atoms with Gasteiger partial charge in [-0.15, -0.1) is 0 Å². The lowest BCUT2D eigenvalue weighted by atomic mass is 9.74. The number of rotatable bonds is 7. The molecule has 0 unspecified atom stereocenters. The molecular weight excluding hydrogens is 333 g/mol. The minimum atomic E-state index is -0.223. The Bertz CT molecular complexity index is 611. The highest BCUT2D eigenvalue weighted by Gasteiger charge is 2.24. The largest absolute Gasteiger partial charge is 0.251 e. The summed E-state index contributed by atoms with van der Waals surface area (Å²) in [6.07, 6.45) is 18.4. The van der Waals surface area contributed by atoms with Gasteiger partial charge < -0.3 is 0 Å². The molecule has 0 bridgehead atoms. The zero-order chi connectivity index (χ0) is 18.9. The molecule has 2 saturated carbocycles. The van der Waals surface area contributed by atoms with E-state index in [1.807, 2.05) is 18.2 Å². The first-order valence-electron chi connectivity index (χ1n) is 11.0. The third-order valence-electron chi connectivity index (χ3n) is 6.92. The van der Waals surface area contributed by atoms with Crippen molar-refractivity contribution in [2.75, 3.05) is 6.67 Å². The van der Waals surface area contributed by atoms with Crippen LogP contribution in [0.2, 0.25) is 0 Å². The molecule has 0 aliphatic heterocycles. The van der Waals surface area contributed by atoms with Crippen molar-refractivity contribution in [3.05, 3.63) is 47.5 Å². The Morgan fingerprint density at radius 3 is 2.04 bits per heavy atom. The zero-order valence-corrected chi connectivity index (χ0v) is 16.6. The van der Waals surface area contributed by atoms with Crippen LogP contribution < -0.4 is 0 Å². The van der Waals surface area contributed by atoms with Crippen LogP contribution in [0.5, 0.6) is 0 Å². The minimum Gasteiger partial charge on any atom is -0.251 e. The number of halogens is 1. The second kappa shape index (κ2) is 10.6. The Kier molecular flexibility index (Phi) is 7.93. The normalized spacial score (nSPS) is 28.9. The Morgan fingerprint density at radius 1 is 0.889 bits per heavy atom. The molecule has 0 aromatic heterocycles. The first-order chi connectivity index (χ1) is 13.3. The van der Waals surface area contributed by atoms with Crippen LogP contribution in [0.3, 0.4) is 0 Å². The molecule has 0 N–H and O–H groups in total. The molecule has 0 radical (unpaired) electrons. The van der Waals surface area contributed by atoms with E-state index in [0.29, 0.717) is 18.3 Å². The van der Waals surface area contributed by atoms with Gasteiger partial charge in [0.2, 0.25) is 0 Å². The third kappa shape index (κ3) is 6.20. The predicted molar refractivity (Wildman–Crippen MR) is 110 cm³/mol. The maximum atomic E-state index is 12.2. The Balaban J connectivity index is 1.33. The van der Waals surface area contributed by atoms with Gasteiger partial charge in [0.25, 0.3) is 0 Å². The van der Waals surface area contributed by atoms with Crippen molar-refractivity contribution in [1.29, 1.82) is 5.26 Å². The molecule has 2 fully saturated rings. The quantitative estimate of drug-likeness (QED) is 0.463. The van der Waals surface area contributed by atoms with E-state index in [1.165, 1.54) is 69.8 Å². The molecule has 3 rings (SSSR count). The van der Waals surface area contributed by atoms with Gasteiger partial charge in [0.15, 0.2) is 0 Å². The highest BCUT2D eigenvalue weighted by Crippen LogP contribution is 2.39. The van der Waals surface area contributed by atoms with E-state index in [-0.39, 0.29) is 6.67 Å². The number of hydrogen-bond acceptors (Lipinski definition) is 1. The lowest BCUT2D eigenvalue weighted by Gasteiger charge is -2.31. The van der Waals surface area contributed by atoms with E-state index in [4.69, 9.17) is 5.26 Å².